The van der Waals surface area contributed by atoms with Gasteiger partial charge in [-0.05, 0) is 48.5 Å². The van der Waals surface area contributed by atoms with Crippen LogP contribution in [0.2, 0.25) is 5.02 Å². The number of halogens is 1. The molecule has 0 amide bonds. The van der Waals surface area contributed by atoms with Gasteiger partial charge in [0.05, 0.1) is 11.4 Å². The molecule has 2 aromatic heterocycles. The number of aromatic nitrogens is 7. The van der Waals surface area contributed by atoms with Crippen molar-refractivity contribution in [3.63, 3.8) is 0 Å². The fourth-order valence-corrected chi connectivity index (χ4v) is 2.90. The second kappa shape index (κ2) is 6.45. The molecule has 2 heterocycles. The number of rotatable bonds is 5. The number of nitrogens with zero attached hydrogens (tertiary/aromatic N) is 7. The Morgan fingerprint density at radius 3 is 2.73 bits per heavy atom. The van der Waals surface area contributed by atoms with Gasteiger partial charge in [-0.25, -0.2) is 9.67 Å². The number of benzene rings is 1. The number of tetrazole rings is 1. The highest BCUT2D eigenvalue weighted by molar-refractivity contribution is 7.98. The molecule has 1 aromatic carbocycles. The Hall–Kier alpha value is -1.93. The molecule has 0 aliphatic rings. The van der Waals surface area contributed by atoms with E-state index in [1.54, 1.807) is 11.0 Å². The molecular formula is C13H14ClN7S. The van der Waals surface area contributed by atoms with Crippen LogP contribution in [0.4, 0.5) is 0 Å². The maximum atomic E-state index is 5.90. The van der Waals surface area contributed by atoms with E-state index < -0.39 is 0 Å². The van der Waals surface area contributed by atoms with E-state index in [4.69, 9.17) is 11.6 Å². The Morgan fingerprint density at radius 2 is 2.00 bits per heavy atom. The molecular weight excluding hydrogens is 322 g/mol. The molecule has 0 bridgehead atoms. The smallest absolute Gasteiger partial charge is 0.214 e. The first-order chi connectivity index (χ1) is 10.6. The molecule has 3 aromatic rings. The van der Waals surface area contributed by atoms with E-state index in [1.807, 2.05) is 28.9 Å². The predicted octanol–water partition coefficient (Wildman–Crippen LogP) is 2.78. The molecule has 114 valence electrons. The Bertz CT molecular complexity index is 750. The molecule has 7 nitrogen and oxygen atoms in total. The second-order valence-electron chi connectivity index (χ2n) is 4.85. The quantitative estimate of drug-likeness (QED) is 0.667. The molecule has 0 aliphatic heterocycles. The molecule has 0 radical (unpaired) electrons. The van der Waals surface area contributed by atoms with Crippen molar-refractivity contribution in [2.75, 3.05) is 0 Å². The molecule has 9 heteroatoms. The monoisotopic (exact) mass is 335 g/mol. The zero-order chi connectivity index (χ0) is 15.5. The van der Waals surface area contributed by atoms with Crippen LogP contribution >= 0.6 is 23.4 Å². The van der Waals surface area contributed by atoms with E-state index in [2.05, 4.69) is 39.5 Å². The third kappa shape index (κ3) is 3.12. The van der Waals surface area contributed by atoms with Gasteiger partial charge in [-0.2, -0.15) is 9.78 Å². The molecule has 0 fully saturated rings. The summed E-state index contributed by atoms with van der Waals surface area (Å²) in [6.45, 7) is 4.14. The summed E-state index contributed by atoms with van der Waals surface area (Å²) in [5.41, 5.74) is 0.863. The van der Waals surface area contributed by atoms with Crippen molar-refractivity contribution in [1.82, 2.24) is 35.0 Å². The third-order valence-electron chi connectivity index (χ3n) is 2.98. The van der Waals surface area contributed by atoms with Gasteiger partial charge in [-0.3, -0.25) is 0 Å². The highest BCUT2D eigenvalue weighted by atomic mass is 35.5. The Kier molecular flexibility index (Phi) is 4.39. The summed E-state index contributed by atoms with van der Waals surface area (Å²) in [6, 6.07) is 7.63. The highest BCUT2D eigenvalue weighted by Crippen LogP contribution is 2.23. The van der Waals surface area contributed by atoms with Gasteiger partial charge in [0.2, 0.25) is 5.16 Å². The summed E-state index contributed by atoms with van der Waals surface area (Å²) in [4.78, 5) is 4.29. The van der Waals surface area contributed by atoms with Crippen LogP contribution in [0.1, 0.15) is 25.7 Å². The maximum absolute atomic E-state index is 5.90. The summed E-state index contributed by atoms with van der Waals surface area (Å²) in [5.74, 6) is 1.54. The fourth-order valence-electron chi connectivity index (χ4n) is 1.95. The van der Waals surface area contributed by atoms with Crippen molar-refractivity contribution in [2.45, 2.75) is 30.8 Å². The van der Waals surface area contributed by atoms with E-state index in [0.29, 0.717) is 15.9 Å². The second-order valence-corrected chi connectivity index (χ2v) is 6.23. The molecule has 3 rings (SSSR count). The third-order valence-corrected chi connectivity index (χ3v) is 4.15. The summed E-state index contributed by atoms with van der Waals surface area (Å²) >= 11 is 7.42. The molecule has 0 saturated heterocycles. The lowest BCUT2D eigenvalue weighted by atomic mass is 10.3. The van der Waals surface area contributed by atoms with Crippen LogP contribution in [0.15, 0.2) is 35.7 Å². The SMILES string of the molecule is CC(C)n1ncnc1CSc1nnnn1-c1ccc(Cl)cc1. The minimum absolute atomic E-state index is 0.269. The van der Waals surface area contributed by atoms with Gasteiger partial charge in [-0.1, -0.05) is 23.4 Å². The Labute approximate surface area is 136 Å². The lowest BCUT2D eigenvalue weighted by Crippen LogP contribution is -2.07. The van der Waals surface area contributed by atoms with Gasteiger partial charge in [0.1, 0.15) is 12.2 Å². The lowest BCUT2D eigenvalue weighted by Gasteiger charge is -2.09. The first-order valence-electron chi connectivity index (χ1n) is 6.70. The van der Waals surface area contributed by atoms with Crippen LogP contribution in [-0.4, -0.2) is 35.0 Å². The molecule has 0 spiro atoms. The van der Waals surface area contributed by atoms with Crippen molar-refractivity contribution < 1.29 is 0 Å². The van der Waals surface area contributed by atoms with Crippen LogP contribution < -0.4 is 0 Å². The van der Waals surface area contributed by atoms with Crippen LogP contribution in [0.5, 0.6) is 0 Å². The van der Waals surface area contributed by atoms with Gasteiger partial charge in [0.15, 0.2) is 0 Å². The minimum Gasteiger partial charge on any atom is -0.247 e. The zero-order valence-corrected chi connectivity index (χ0v) is 13.7. The average molecular weight is 336 g/mol. The summed E-state index contributed by atoms with van der Waals surface area (Å²) in [7, 11) is 0. The molecule has 0 saturated carbocycles. The van der Waals surface area contributed by atoms with Gasteiger partial charge in [0, 0.05) is 11.1 Å². The van der Waals surface area contributed by atoms with E-state index in [9.17, 15) is 0 Å². The Balaban J connectivity index is 1.78. The first-order valence-corrected chi connectivity index (χ1v) is 8.07. The van der Waals surface area contributed by atoms with E-state index in [1.165, 1.54) is 11.8 Å². The molecule has 0 aliphatic carbocycles. The van der Waals surface area contributed by atoms with Crippen molar-refractivity contribution in [3.05, 3.63) is 41.4 Å². The largest absolute Gasteiger partial charge is 0.247 e. The van der Waals surface area contributed by atoms with Crippen LogP contribution in [0.3, 0.4) is 0 Å². The first kappa shape index (κ1) is 15.0. The summed E-state index contributed by atoms with van der Waals surface area (Å²) < 4.78 is 3.57. The van der Waals surface area contributed by atoms with Crippen LogP contribution in [0, 0.1) is 0 Å². The lowest BCUT2D eigenvalue weighted by molar-refractivity contribution is 0.514. The fraction of sp³-hybridized carbons (Fsp3) is 0.308. The summed E-state index contributed by atoms with van der Waals surface area (Å²) in [6.07, 6.45) is 1.57. The van der Waals surface area contributed by atoms with E-state index in [0.717, 1.165) is 11.5 Å². The van der Waals surface area contributed by atoms with Gasteiger partial charge in [-0.15, -0.1) is 5.10 Å². The topological polar surface area (TPSA) is 74.3 Å². The van der Waals surface area contributed by atoms with Crippen molar-refractivity contribution >= 4 is 23.4 Å². The van der Waals surface area contributed by atoms with Gasteiger partial charge in [0.25, 0.3) is 0 Å². The number of hydrogen-bond donors (Lipinski definition) is 0. The van der Waals surface area contributed by atoms with Gasteiger partial charge < -0.3 is 0 Å². The standard InChI is InChI=1S/C13H14ClN7S/c1-9(2)20-12(15-8-16-20)7-22-13-17-18-19-21(13)11-5-3-10(14)4-6-11/h3-6,8-9H,7H2,1-2H3. The van der Waals surface area contributed by atoms with Crippen molar-refractivity contribution in [1.29, 1.82) is 0 Å². The van der Waals surface area contributed by atoms with Crippen LogP contribution in [0.25, 0.3) is 5.69 Å². The number of thioether (sulfide) groups is 1. The average Bonchev–Trinajstić information content (AvgIpc) is 3.14. The van der Waals surface area contributed by atoms with Crippen molar-refractivity contribution in [3.8, 4) is 5.69 Å². The molecule has 0 atom stereocenters. The van der Waals surface area contributed by atoms with Crippen LogP contribution in [-0.2, 0) is 5.75 Å². The summed E-state index contributed by atoms with van der Waals surface area (Å²) in [5, 5.41) is 17.4. The Morgan fingerprint density at radius 1 is 1.23 bits per heavy atom. The number of hydrogen-bond acceptors (Lipinski definition) is 6. The van der Waals surface area contributed by atoms with E-state index >= 15 is 0 Å². The zero-order valence-electron chi connectivity index (χ0n) is 12.1. The molecule has 0 N–H and O–H groups in total. The molecule has 0 unspecified atom stereocenters. The van der Waals surface area contributed by atoms with E-state index in [-0.39, 0.29) is 6.04 Å². The minimum atomic E-state index is 0.269. The molecule has 22 heavy (non-hydrogen) atoms. The normalized spacial score (nSPS) is 11.3. The highest BCUT2D eigenvalue weighted by Gasteiger charge is 2.13. The van der Waals surface area contributed by atoms with Gasteiger partial charge >= 0.3 is 0 Å². The predicted molar refractivity (Wildman–Crippen MR) is 84.1 cm³/mol. The van der Waals surface area contributed by atoms with Crippen molar-refractivity contribution in [2.24, 2.45) is 0 Å². The maximum Gasteiger partial charge on any atom is 0.214 e.